The monoisotopic (exact) mass is 463 g/mol. The van der Waals surface area contributed by atoms with E-state index in [2.05, 4.69) is 32.4 Å². The maximum atomic E-state index is 13.0. The van der Waals surface area contributed by atoms with E-state index in [4.69, 9.17) is 23.2 Å². The van der Waals surface area contributed by atoms with Gasteiger partial charge in [-0.2, -0.15) is 4.98 Å². The molecule has 2 aliphatic rings. The SMILES string of the molecule is CCC1CCCCN1c1nc2c(c(=O)[nH]1)C(C(=O)Nc1cc(Cl)cc(Cl)c1)CC(=O)N2. The van der Waals surface area contributed by atoms with Crippen molar-refractivity contribution in [2.45, 2.75) is 51.0 Å². The van der Waals surface area contributed by atoms with Crippen LogP contribution in [0.25, 0.3) is 0 Å². The molecular formula is C21H23Cl2N5O3. The summed E-state index contributed by atoms with van der Waals surface area (Å²) in [5.74, 6) is -1.28. The average Bonchev–Trinajstić information content (AvgIpc) is 2.71. The maximum absolute atomic E-state index is 13.0. The van der Waals surface area contributed by atoms with Crippen LogP contribution in [-0.2, 0) is 9.59 Å². The van der Waals surface area contributed by atoms with Crippen LogP contribution in [0, 0.1) is 0 Å². The standard InChI is InChI=1S/C21H23Cl2N5O3/c1-2-14-5-3-4-6-28(14)21-26-18-17(20(31)27-21)15(10-16(29)25-18)19(30)24-13-8-11(22)7-12(23)9-13/h7-9,14-15H,2-6,10H2,1H3,(H,24,30)(H2,25,26,27,29,31). The molecule has 0 spiro atoms. The van der Waals surface area contributed by atoms with Gasteiger partial charge in [0.15, 0.2) is 0 Å². The van der Waals surface area contributed by atoms with E-state index in [0.717, 1.165) is 32.2 Å². The summed E-state index contributed by atoms with van der Waals surface area (Å²) < 4.78 is 0. The summed E-state index contributed by atoms with van der Waals surface area (Å²) in [6.07, 6.45) is 3.95. The number of halogens is 2. The van der Waals surface area contributed by atoms with E-state index < -0.39 is 17.4 Å². The van der Waals surface area contributed by atoms with E-state index in [1.807, 2.05) is 0 Å². The Labute approximate surface area is 189 Å². The van der Waals surface area contributed by atoms with E-state index >= 15 is 0 Å². The molecule has 10 heteroatoms. The zero-order chi connectivity index (χ0) is 22.1. The van der Waals surface area contributed by atoms with Gasteiger partial charge in [0.25, 0.3) is 5.56 Å². The number of aromatic amines is 1. The van der Waals surface area contributed by atoms with Crippen LogP contribution in [0.3, 0.4) is 0 Å². The first-order valence-electron chi connectivity index (χ1n) is 10.3. The van der Waals surface area contributed by atoms with Gasteiger partial charge in [-0.3, -0.25) is 19.4 Å². The molecule has 3 heterocycles. The number of piperidine rings is 1. The molecule has 3 N–H and O–H groups in total. The lowest BCUT2D eigenvalue weighted by atomic mass is 9.92. The molecular weight excluding hydrogens is 441 g/mol. The molecule has 164 valence electrons. The number of aromatic nitrogens is 2. The van der Waals surface area contributed by atoms with Crippen molar-refractivity contribution in [2.75, 3.05) is 22.1 Å². The Balaban J connectivity index is 1.66. The van der Waals surface area contributed by atoms with Gasteiger partial charge in [0.05, 0.1) is 11.5 Å². The quantitative estimate of drug-likeness (QED) is 0.636. The molecule has 2 aromatic rings. The van der Waals surface area contributed by atoms with E-state index in [0.29, 0.717) is 21.7 Å². The Morgan fingerprint density at radius 1 is 1.23 bits per heavy atom. The third-order valence-electron chi connectivity index (χ3n) is 5.76. The minimum absolute atomic E-state index is 0.139. The predicted molar refractivity (Wildman–Crippen MR) is 121 cm³/mol. The second-order valence-corrected chi connectivity index (χ2v) is 8.73. The first-order chi connectivity index (χ1) is 14.9. The zero-order valence-corrected chi connectivity index (χ0v) is 18.5. The molecule has 2 unspecified atom stereocenters. The number of anilines is 3. The summed E-state index contributed by atoms with van der Waals surface area (Å²) in [6, 6.07) is 4.91. The highest BCUT2D eigenvalue weighted by molar-refractivity contribution is 6.35. The van der Waals surface area contributed by atoms with Crippen molar-refractivity contribution in [2.24, 2.45) is 0 Å². The minimum atomic E-state index is -0.977. The molecule has 1 aromatic carbocycles. The van der Waals surface area contributed by atoms with Gasteiger partial charge in [0.1, 0.15) is 5.82 Å². The summed E-state index contributed by atoms with van der Waals surface area (Å²) in [5, 5.41) is 6.08. The fourth-order valence-electron chi connectivity index (χ4n) is 4.28. The lowest BCUT2D eigenvalue weighted by Crippen LogP contribution is -2.43. The van der Waals surface area contributed by atoms with Crippen molar-refractivity contribution in [3.8, 4) is 0 Å². The Morgan fingerprint density at radius 2 is 1.97 bits per heavy atom. The molecule has 0 bridgehead atoms. The van der Waals surface area contributed by atoms with Gasteiger partial charge in [-0.05, 0) is 43.9 Å². The van der Waals surface area contributed by atoms with Gasteiger partial charge >= 0.3 is 0 Å². The number of benzene rings is 1. The molecule has 1 aromatic heterocycles. The van der Waals surface area contributed by atoms with E-state index in [1.165, 1.54) is 0 Å². The lowest BCUT2D eigenvalue weighted by Gasteiger charge is -2.36. The molecule has 1 fully saturated rings. The van der Waals surface area contributed by atoms with E-state index in [9.17, 15) is 14.4 Å². The molecule has 31 heavy (non-hydrogen) atoms. The number of hydrogen-bond donors (Lipinski definition) is 3. The molecule has 1 saturated heterocycles. The smallest absolute Gasteiger partial charge is 0.258 e. The number of hydrogen-bond acceptors (Lipinski definition) is 5. The summed E-state index contributed by atoms with van der Waals surface area (Å²) in [5.41, 5.74) is 0.110. The highest BCUT2D eigenvalue weighted by atomic mass is 35.5. The number of amides is 2. The highest BCUT2D eigenvalue weighted by Crippen LogP contribution is 2.32. The lowest BCUT2D eigenvalue weighted by molar-refractivity contribution is -0.123. The number of carbonyl (C=O) groups excluding carboxylic acids is 2. The van der Waals surface area contributed by atoms with Crippen molar-refractivity contribution >= 4 is 52.5 Å². The van der Waals surface area contributed by atoms with E-state index in [-0.39, 0.29) is 29.8 Å². The fourth-order valence-corrected chi connectivity index (χ4v) is 4.80. The maximum Gasteiger partial charge on any atom is 0.258 e. The first-order valence-corrected chi connectivity index (χ1v) is 11.1. The van der Waals surface area contributed by atoms with Crippen LogP contribution in [0.15, 0.2) is 23.0 Å². The van der Waals surface area contributed by atoms with Gasteiger partial charge in [0, 0.05) is 34.7 Å². The Hall–Kier alpha value is -2.58. The van der Waals surface area contributed by atoms with Crippen LogP contribution in [0.1, 0.15) is 50.5 Å². The van der Waals surface area contributed by atoms with Gasteiger partial charge < -0.3 is 15.5 Å². The zero-order valence-electron chi connectivity index (χ0n) is 17.0. The summed E-state index contributed by atoms with van der Waals surface area (Å²) in [7, 11) is 0. The van der Waals surface area contributed by atoms with Gasteiger partial charge in [0.2, 0.25) is 17.8 Å². The number of nitrogens with zero attached hydrogens (tertiary/aromatic N) is 2. The molecule has 2 atom stereocenters. The van der Waals surface area contributed by atoms with Gasteiger partial charge in [-0.25, -0.2) is 0 Å². The Bertz CT molecular complexity index is 1070. The van der Waals surface area contributed by atoms with Gasteiger partial charge in [-0.1, -0.05) is 30.1 Å². The van der Waals surface area contributed by atoms with Crippen LogP contribution < -0.4 is 21.1 Å². The van der Waals surface area contributed by atoms with Crippen molar-refractivity contribution in [3.63, 3.8) is 0 Å². The van der Waals surface area contributed by atoms with Crippen molar-refractivity contribution in [1.82, 2.24) is 9.97 Å². The number of carbonyl (C=O) groups is 2. The normalized spacial score (nSPS) is 20.7. The molecule has 2 amide bonds. The summed E-state index contributed by atoms with van der Waals surface area (Å²) >= 11 is 12.0. The first kappa shape index (κ1) is 21.6. The molecule has 2 aliphatic heterocycles. The van der Waals surface area contributed by atoms with Crippen molar-refractivity contribution in [1.29, 1.82) is 0 Å². The fraction of sp³-hybridized carbons (Fsp3) is 0.429. The van der Waals surface area contributed by atoms with Crippen LogP contribution in [0.2, 0.25) is 10.0 Å². The van der Waals surface area contributed by atoms with Crippen molar-refractivity contribution in [3.05, 3.63) is 44.2 Å². The third-order valence-corrected chi connectivity index (χ3v) is 6.19. The number of H-pyrrole nitrogens is 1. The largest absolute Gasteiger partial charge is 0.339 e. The van der Waals surface area contributed by atoms with E-state index in [1.54, 1.807) is 18.2 Å². The summed E-state index contributed by atoms with van der Waals surface area (Å²) in [6.45, 7) is 2.89. The molecule has 0 saturated carbocycles. The Kier molecular flexibility index (Phi) is 6.20. The van der Waals surface area contributed by atoms with Crippen LogP contribution in [0.5, 0.6) is 0 Å². The highest BCUT2D eigenvalue weighted by Gasteiger charge is 2.36. The van der Waals surface area contributed by atoms with Crippen LogP contribution >= 0.6 is 23.2 Å². The number of rotatable bonds is 4. The van der Waals surface area contributed by atoms with Gasteiger partial charge in [-0.15, -0.1) is 0 Å². The molecule has 4 rings (SSSR count). The summed E-state index contributed by atoms with van der Waals surface area (Å²) in [4.78, 5) is 47.7. The number of nitrogens with one attached hydrogen (secondary N) is 3. The third kappa shape index (κ3) is 4.55. The molecule has 0 aliphatic carbocycles. The molecule has 0 radical (unpaired) electrons. The molecule has 8 nitrogen and oxygen atoms in total. The minimum Gasteiger partial charge on any atom is -0.339 e. The number of fused-ring (bicyclic) bond motifs is 1. The van der Waals surface area contributed by atoms with Crippen LogP contribution in [-0.4, -0.2) is 34.4 Å². The van der Waals surface area contributed by atoms with Crippen LogP contribution in [0.4, 0.5) is 17.5 Å². The Morgan fingerprint density at radius 3 is 2.68 bits per heavy atom. The average molecular weight is 464 g/mol. The van der Waals surface area contributed by atoms with Crippen molar-refractivity contribution < 1.29 is 9.59 Å². The predicted octanol–water partition coefficient (Wildman–Crippen LogP) is 3.91. The second kappa shape index (κ2) is 8.88. The second-order valence-electron chi connectivity index (χ2n) is 7.86. The topological polar surface area (TPSA) is 107 Å².